The van der Waals surface area contributed by atoms with Crippen LogP contribution in [0.4, 0.5) is 0 Å². The molecule has 0 aromatic heterocycles. The standard InChI is InChI=1S/C18H28N4O/c1-2-9-22-12-11-21(10-8-17(22)23)14-16-13-19-20-18(16)15-6-4-3-5-7-15/h3-7,16,18-20H,2,8-14H2,1H3. The summed E-state index contributed by atoms with van der Waals surface area (Å²) in [5, 5.41) is 0. The van der Waals surface area contributed by atoms with Crippen LogP contribution < -0.4 is 10.9 Å². The van der Waals surface area contributed by atoms with Gasteiger partial charge in [-0.3, -0.25) is 10.2 Å². The summed E-state index contributed by atoms with van der Waals surface area (Å²) in [6.45, 7) is 7.79. The van der Waals surface area contributed by atoms with Crippen molar-refractivity contribution in [1.82, 2.24) is 20.7 Å². The Labute approximate surface area is 139 Å². The Kier molecular flexibility index (Phi) is 5.65. The van der Waals surface area contributed by atoms with Crippen molar-refractivity contribution in [2.24, 2.45) is 5.92 Å². The summed E-state index contributed by atoms with van der Waals surface area (Å²) in [7, 11) is 0. The minimum atomic E-state index is 0.316. The van der Waals surface area contributed by atoms with Crippen LogP contribution in [0.5, 0.6) is 0 Å². The highest BCUT2D eigenvalue weighted by molar-refractivity contribution is 5.76. The number of carbonyl (C=O) groups is 1. The highest BCUT2D eigenvalue weighted by Gasteiger charge is 2.30. The number of amides is 1. The number of hydrazine groups is 1. The van der Waals surface area contributed by atoms with Gasteiger partial charge in [0.1, 0.15) is 0 Å². The topological polar surface area (TPSA) is 47.6 Å². The maximum Gasteiger partial charge on any atom is 0.223 e. The van der Waals surface area contributed by atoms with Gasteiger partial charge in [0.15, 0.2) is 0 Å². The number of carbonyl (C=O) groups excluding carboxylic acids is 1. The minimum Gasteiger partial charge on any atom is -0.341 e. The monoisotopic (exact) mass is 316 g/mol. The Hall–Kier alpha value is -1.43. The average Bonchev–Trinajstić information content (AvgIpc) is 2.97. The lowest BCUT2D eigenvalue weighted by Crippen LogP contribution is -2.36. The van der Waals surface area contributed by atoms with E-state index < -0.39 is 0 Å². The first-order chi connectivity index (χ1) is 11.3. The van der Waals surface area contributed by atoms with E-state index in [9.17, 15) is 4.79 Å². The van der Waals surface area contributed by atoms with Crippen molar-refractivity contribution in [2.45, 2.75) is 25.8 Å². The molecule has 2 saturated heterocycles. The molecule has 2 N–H and O–H groups in total. The zero-order chi connectivity index (χ0) is 16.1. The van der Waals surface area contributed by atoms with E-state index in [1.807, 2.05) is 4.90 Å². The molecule has 1 aromatic rings. The maximum absolute atomic E-state index is 12.1. The molecule has 0 aliphatic carbocycles. The van der Waals surface area contributed by atoms with Crippen LogP contribution in [0.15, 0.2) is 30.3 Å². The minimum absolute atomic E-state index is 0.316. The van der Waals surface area contributed by atoms with Gasteiger partial charge in [-0.2, -0.15) is 0 Å². The predicted molar refractivity (Wildman–Crippen MR) is 91.7 cm³/mol. The third-order valence-corrected chi connectivity index (χ3v) is 4.92. The quantitative estimate of drug-likeness (QED) is 0.862. The number of rotatable bonds is 5. The third-order valence-electron chi connectivity index (χ3n) is 4.92. The van der Waals surface area contributed by atoms with Crippen LogP contribution in [0, 0.1) is 5.92 Å². The van der Waals surface area contributed by atoms with Crippen LogP contribution in [-0.2, 0) is 4.79 Å². The third kappa shape index (κ3) is 4.10. The largest absolute Gasteiger partial charge is 0.341 e. The fourth-order valence-electron chi connectivity index (χ4n) is 3.65. The Morgan fingerprint density at radius 2 is 2.00 bits per heavy atom. The summed E-state index contributed by atoms with van der Waals surface area (Å²) in [5.74, 6) is 0.849. The van der Waals surface area contributed by atoms with Crippen molar-refractivity contribution in [3.8, 4) is 0 Å². The fourth-order valence-corrected chi connectivity index (χ4v) is 3.65. The summed E-state index contributed by atoms with van der Waals surface area (Å²) < 4.78 is 0. The van der Waals surface area contributed by atoms with Crippen molar-refractivity contribution in [3.63, 3.8) is 0 Å². The predicted octanol–water partition coefficient (Wildman–Crippen LogP) is 1.40. The van der Waals surface area contributed by atoms with E-state index in [2.05, 4.69) is 53.0 Å². The molecule has 1 aromatic carbocycles. The lowest BCUT2D eigenvalue weighted by molar-refractivity contribution is -0.130. The zero-order valence-corrected chi connectivity index (χ0v) is 14.0. The van der Waals surface area contributed by atoms with Gasteiger partial charge in [-0.25, -0.2) is 5.43 Å². The lowest BCUT2D eigenvalue weighted by atomic mass is 9.94. The second kappa shape index (κ2) is 7.90. The molecular weight excluding hydrogens is 288 g/mol. The SMILES string of the molecule is CCCN1CCN(CC2CNNC2c2ccccc2)CCC1=O. The first-order valence-electron chi connectivity index (χ1n) is 8.81. The van der Waals surface area contributed by atoms with Crippen LogP contribution in [-0.4, -0.2) is 55.0 Å². The molecule has 2 aliphatic rings. The van der Waals surface area contributed by atoms with Crippen molar-refractivity contribution in [1.29, 1.82) is 0 Å². The molecule has 1 amide bonds. The van der Waals surface area contributed by atoms with E-state index >= 15 is 0 Å². The molecule has 3 rings (SSSR count). The van der Waals surface area contributed by atoms with Gasteiger partial charge in [0.2, 0.25) is 5.91 Å². The normalized spacial score (nSPS) is 26.5. The summed E-state index contributed by atoms with van der Waals surface area (Å²) in [6.07, 6.45) is 1.70. The van der Waals surface area contributed by atoms with E-state index in [1.165, 1.54) is 5.56 Å². The summed E-state index contributed by atoms with van der Waals surface area (Å²) in [6, 6.07) is 11.0. The van der Waals surface area contributed by atoms with Gasteiger partial charge < -0.3 is 9.80 Å². The zero-order valence-electron chi connectivity index (χ0n) is 14.0. The maximum atomic E-state index is 12.1. The highest BCUT2D eigenvalue weighted by Crippen LogP contribution is 2.25. The van der Waals surface area contributed by atoms with Crippen LogP contribution >= 0.6 is 0 Å². The molecule has 5 heteroatoms. The first kappa shape index (κ1) is 16.4. The van der Waals surface area contributed by atoms with Crippen molar-refractivity contribution in [3.05, 3.63) is 35.9 Å². The molecule has 2 unspecified atom stereocenters. The molecule has 0 radical (unpaired) electrons. The highest BCUT2D eigenvalue weighted by atomic mass is 16.2. The fraction of sp³-hybridized carbons (Fsp3) is 0.611. The van der Waals surface area contributed by atoms with Gasteiger partial charge in [-0.1, -0.05) is 37.3 Å². The molecule has 2 heterocycles. The van der Waals surface area contributed by atoms with E-state index in [0.29, 0.717) is 24.3 Å². The number of hydrogen-bond donors (Lipinski definition) is 2. The Balaban J connectivity index is 1.59. The van der Waals surface area contributed by atoms with Crippen LogP contribution in [0.3, 0.4) is 0 Å². The van der Waals surface area contributed by atoms with Gasteiger partial charge >= 0.3 is 0 Å². The first-order valence-corrected chi connectivity index (χ1v) is 8.81. The van der Waals surface area contributed by atoms with Crippen LogP contribution in [0.2, 0.25) is 0 Å². The molecule has 5 nitrogen and oxygen atoms in total. The summed E-state index contributed by atoms with van der Waals surface area (Å²) in [5.41, 5.74) is 8.06. The average molecular weight is 316 g/mol. The van der Waals surface area contributed by atoms with Gasteiger partial charge in [0, 0.05) is 51.6 Å². The van der Waals surface area contributed by atoms with Gasteiger partial charge in [0.05, 0.1) is 6.04 Å². The van der Waals surface area contributed by atoms with Crippen LogP contribution in [0.25, 0.3) is 0 Å². The lowest BCUT2D eigenvalue weighted by Gasteiger charge is -2.27. The van der Waals surface area contributed by atoms with E-state index in [4.69, 9.17) is 0 Å². The molecule has 126 valence electrons. The van der Waals surface area contributed by atoms with E-state index in [-0.39, 0.29) is 0 Å². The van der Waals surface area contributed by atoms with E-state index in [0.717, 1.165) is 45.7 Å². The van der Waals surface area contributed by atoms with Gasteiger partial charge in [-0.15, -0.1) is 0 Å². The Morgan fingerprint density at radius 3 is 2.78 bits per heavy atom. The number of hydrogen-bond acceptors (Lipinski definition) is 4. The molecule has 0 bridgehead atoms. The molecule has 2 aliphatic heterocycles. The molecule has 0 spiro atoms. The molecule has 2 atom stereocenters. The van der Waals surface area contributed by atoms with Crippen LogP contribution in [0.1, 0.15) is 31.4 Å². The number of benzene rings is 1. The van der Waals surface area contributed by atoms with Crippen molar-refractivity contribution in [2.75, 3.05) is 39.3 Å². The summed E-state index contributed by atoms with van der Waals surface area (Å²) >= 11 is 0. The van der Waals surface area contributed by atoms with Gasteiger partial charge in [-0.05, 0) is 12.0 Å². The van der Waals surface area contributed by atoms with Crippen molar-refractivity contribution >= 4 is 5.91 Å². The second-order valence-electron chi connectivity index (χ2n) is 6.61. The van der Waals surface area contributed by atoms with Crippen molar-refractivity contribution < 1.29 is 4.79 Å². The van der Waals surface area contributed by atoms with Gasteiger partial charge in [0.25, 0.3) is 0 Å². The smallest absolute Gasteiger partial charge is 0.223 e. The van der Waals surface area contributed by atoms with E-state index in [1.54, 1.807) is 0 Å². The number of nitrogens with zero attached hydrogens (tertiary/aromatic N) is 2. The Morgan fingerprint density at radius 1 is 1.17 bits per heavy atom. The molecule has 2 fully saturated rings. The molecular formula is C18H28N4O. The molecule has 23 heavy (non-hydrogen) atoms. The number of nitrogens with one attached hydrogen (secondary N) is 2. The molecule has 0 saturated carbocycles. The Bertz CT molecular complexity index is 507. The summed E-state index contributed by atoms with van der Waals surface area (Å²) in [4.78, 5) is 16.6. The second-order valence-corrected chi connectivity index (χ2v) is 6.61.